The van der Waals surface area contributed by atoms with Gasteiger partial charge in [-0.3, -0.25) is 0 Å². The van der Waals surface area contributed by atoms with Crippen LogP contribution in [0.15, 0.2) is 60.7 Å². The van der Waals surface area contributed by atoms with Crippen molar-refractivity contribution in [1.82, 2.24) is 0 Å². The van der Waals surface area contributed by atoms with E-state index in [2.05, 4.69) is 38.1 Å². The van der Waals surface area contributed by atoms with E-state index < -0.39 is 8.32 Å². The third-order valence-electron chi connectivity index (χ3n) is 4.94. The van der Waals surface area contributed by atoms with Gasteiger partial charge in [-0.25, -0.2) is 0 Å². The first-order valence-corrected chi connectivity index (χ1v) is 10.7. The minimum Gasteiger partial charge on any atom is -0.424 e. The van der Waals surface area contributed by atoms with Crippen LogP contribution in [0, 0.1) is 0 Å². The fraction of sp³-hybridized carbons (Fsp3) is 0.381. The molecule has 0 aliphatic rings. The summed E-state index contributed by atoms with van der Waals surface area (Å²) in [6.07, 6.45) is 3.40. The van der Waals surface area contributed by atoms with Crippen molar-refractivity contribution in [2.75, 3.05) is 0 Å². The Kier molecular flexibility index (Phi) is 6.14. The molecule has 0 atom stereocenters. The highest BCUT2D eigenvalue weighted by atomic mass is 28.4. The molecule has 1 N–H and O–H groups in total. The smallest absolute Gasteiger partial charge is 0.258 e. The van der Waals surface area contributed by atoms with Gasteiger partial charge in [-0.05, 0) is 35.2 Å². The molecule has 2 rings (SSSR count). The van der Waals surface area contributed by atoms with Crippen LogP contribution in [0.3, 0.4) is 0 Å². The van der Waals surface area contributed by atoms with Gasteiger partial charge in [-0.15, -0.1) is 0 Å². The molecule has 0 saturated carbocycles. The molecule has 128 valence electrons. The fourth-order valence-corrected chi connectivity index (χ4v) is 7.21. The average molecular weight is 341 g/mol. The van der Waals surface area contributed by atoms with E-state index in [1.807, 2.05) is 36.4 Å². The number of benzene rings is 2. The van der Waals surface area contributed by atoms with Crippen LogP contribution in [0.1, 0.15) is 46.5 Å². The topological polar surface area (TPSA) is 37.3 Å². The van der Waals surface area contributed by atoms with Gasteiger partial charge in [-0.2, -0.15) is 0 Å². The maximum Gasteiger partial charge on any atom is 0.258 e. The quantitative estimate of drug-likeness (QED) is 0.588. The van der Waals surface area contributed by atoms with E-state index in [0.717, 1.165) is 29.6 Å². The second-order valence-corrected chi connectivity index (χ2v) is 11.2. The molecule has 0 saturated heterocycles. The van der Waals surface area contributed by atoms with E-state index in [0.29, 0.717) is 6.42 Å². The Morgan fingerprint density at radius 1 is 0.917 bits per heavy atom. The molecular formula is C21H28O2Si. The Labute approximate surface area is 146 Å². The van der Waals surface area contributed by atoms with Gasteiger partial charge in [0.25, 0.3) is 8.32 Å². The van der Waals surface area contributed by atoms with E-state index in [1.165, 1.54) is 0 Å². The standard InChI is InChI=1S/C21H28O2Si/c1-18(22)12-10-11-17-21(2,3)24(23,19-13-6-4-7-14-19)20-15-8-5-9-16-20/h4-9,13-16,23H,10-12,17H2,1-3H3. The highest BCUT2D eigenvalue weighted by Crippen LogP contribution is 2.40. The number of carbonyl (C=O) groups excluding carboxylic acids is 1. The predicted molar refractivity (Wildman–Crippen MR) is 103 cm³/mol. The van der Waals surface area contributed by atoms with Crippen LogP contribution in [-0.4, -0.2) is 18.9 Å². The van der Waals surface area contributed by atoms with Gasteiger partial charge in [0, 0.05) is 6.42 Å². The van der Waals surface area contributed by atoms with Crippen molar-refractivity contribution in [1.29, 1.82) is 0 Å². The lowest BCUT2D eigenvalue weighted by Gasteiger charge is -2.41. The Balaban J connectivity index is 2.34. The number of hydrogen-bond acceptors (Lipinski definition) is 2. The van der Waals surface area contributed by atoms with Crippen molar-refractivity contribution < 1.29 is 9.59 Å². The van der Waals surface area contributed by atoms with E-state index in [1.54, 1.807) is 6.92 Å². The molecule has 0 heterocycles. The lowest BCUT2D eigenvalue weighted by atomic mass is 10.0. The Morgan fingerprint density at radius 2 is 1.38 bits per heavy atom. The van der Waals surface area contributed by atoms with E-state index >= 15 is 0 Å². The van der Waals surface area contributed by atoms with Crippen molar-refractivity contribution in [3.63, 3.8) is 0 Å². The van der Waals surface area contributed by atoms with E-state index in [9.17, 15) is 9.59 Å². The molecule has 3 heteroatoms. The normalized spacial score (nSPS) is 12.2. The number of hydrogen-bond donors (Lipinski definition) is 1. The lowest BCUT2D eigenvalue weighted by Crippen LogP contribution is -2.65. The number of unbranched alkanes of at least 4 members (excludes halogenated alkanes) is 1. The number of Topliss-reactive ketones (excluding diaryl/α,β-unsaturated/α-hetero) is 1. The second kappa shape index (κ2) is 7.91. The molecular weight excluding hydrogens is 312 g/mol. The van der Waals surface area contributed by atoms with Crippen molar-refractivity contribution in [2.24, 2.45) is 0 Å². The van der Waals surface area contributed by atoms with Crippen LogP contribution in [-0.2, 0) is 4.79 Å². The molecule has 0 aromatic heterocycles. The molecule has 0 aliphatic heterocycles. The Bertz CT molecular complexity index is 611. The number of rotatable bonds is 8. The summed E-state index contributed by atoms with van der Waals surface area (Å²) < 4.78 is 0. The monoisotopic (exact) mass is 340 g/mol. The van der Waals surface area contributed by atoms with Gasteiger partial charge < -0.3 is 9.59 Å². The highest BCUT2D eigenvalue weighted by molar-refractivity contribution is 6.98. The molecule has 2 aromatic carbocycles. The van der Waals surface area contributed by atoms with Crippen molar-refractivity contribution in [3.8, 4) is 0 Å². The zero-order valence-corrected chi connectivity index (χ0v) is 16.0. The SMILES string of the molecule is CC(=O)CCCCC(C)(C)[Si](O)(c1ccccc1)c1ccccc1. The zero-order valence-electron chi connectivity index (χ0n) is 15.0. The maximum absolute atomic E-state index is 12.0. The summed E-state index contributed by atoms with van der Waals surface area (Å²) in [6, 6.07) is 20.2. The lowest BCUT2D eigenvalue weighted by molar-refractivity contribution is -0.117. The van der Waals surface area contributed by atoms with Crippen LogP contribution >= 0.6 is 0 Å². The molecule has 0 fully saturated rings. The Hall–Kier alpha value is -1.71. The molecule has 0 radical (unpaired) electrons. The summed E-state index contributed by atoms with van der Waals surface area (Å²) in [5, 5.41) is 1.88. The summed E-state index contributed by atoms with van der Waals surface area (Å²) in [6.45, 7) is 5.99. The molecule has 0 aliphatic carbocycles. The van der Waals surface area contributed by atoms with Gasteiger partial charge in [-0.1, -0.05) is 80.9 Å². The van der Waals surface area contributed by atoms with Crippen LogP contribution in [0.25, 0.3) is 0 Å². The van der Waals surface area contributed by atoms with Crippen LogP contribution in [0.5, 0.6) is 0 Å². The van der Waals surface area contributed by atoms with Crippen molar-refractivity contribution in [3.05, 3.63) is 60.7 Å². The predicted octanol–water partition coefficient (Wildman–Crippen LogP) is 3.67. The van der Waals surface area contributed by atoms with Gasteiger partial charge in [0.15, 0.2) is 0 Å². The first-order chi connectivity index (χ1) is 11.4. The van der Waals surface area contributed by atoms with E-state index in [4.69, 9.17) is 0 Å². The number of carbonyl (C=O) groups is 1. The minimum absolute atomic E-state index is 0.216. The molecule has 0 unspecified atom stereocenters. The molecule has 2 nitrogen and oxygen atoms in total. The summed E-state index contributed by atoms with van der Waals surface area (Å²) >= 11 is 0. The van der Waals surface area contributed by atoms with E-state index in [-0.39, 0.29) is 10.8 Å². The van der Waals surface area contributed by atoms with Gasteiger partial charge >= 0.3 is 0 Å². The third-order valence-corrected chi connectivity index (χ3v) is 9.49. The summed E-state index contributed by atoms with van der Waals surface area (Å²) in [7, 11) is -2.89. The van der Waals surface area contributed by atoms with Crippen LogP contribution in [0.2, 0.25) is 5.04 Å². The molecule has 2 aromatic rings. The summed E-state index contributed by atoms with van der Waals surface area (Å²) in [5.74, 6) is 0.242. The minimum atomic E-state index is -2.89. The van der Waals surface area contributed by atoms with Gasteiger partial charge in [0.2, 0.25) is 0 Å². The van der Waals surface area contributed by atoms with Crippen molar-refractivity contribution in [2.45, 2.75) is 51.5 Å². The number of ketones is 1. The zero-order chi connectivity index (χ0) is 17.6. The first kappa shape index (κ1) is 18.6. The molecule has 0 bridgehead atoms. The van der Waals surface area contributed by atoms with Gasteiger partial charge in [0.05, 0.1) is 0 Å². The summed E-state index contributed by atoms with van der Waals surface area (Å²) in [4.78, 5) is 23.1. The molecule has 0 amide bonds. The fourth-order valence-electron chi connectivity index (χ4n) is 3.43. The summed E-state index contributed by atoms with van der Waals surface area (Å²) in [5.41, 5.74) is 0. The van der Waals surface area contributed by atoms with Crippen LogP contribution in [0.4, 0.5) is 0 Å². The highest BCUT2D eigenvalue weighted by Gasteiger charge is 2.49. The maximum atomic E-state index is 12.0. The largest absolute Gasteiger partial charge is 0.424 e. The molecule has 0 spiro atoms. The van der Waals surface area contributed by atoms with Crippen LogP contribution < -0.4 is 10.4 Å². The average Bonchev–Trinajstić information content (AvgIpc) is 2.59. The third kappa shape index (κ3) is 4.03. The van der Waals surface area contributed by atoms with Crippen molar-refractivity contribution >= 4 is 24.5 Å². The second-order valence-electron chi connectivity index (χ2n) is 7.24. The Morgan fingerprint density at radius 3 is 1.79 bits per heavy atom. The first-order valence-electron chi connectivity index (χ1n) is 8.71. The molecule has 24 heavy (non-hydrogen) atoms. The van der Waals surface area contributed by atoms with Gasteiger partial charge in [0.1, 0.15) is 5.78 Å².